The first-order chi connectivity index (χ1) is 19.5. The third-order valence-electron chi connectivity index (χ3n) is 6.80. The second-order valence-electron chi connectivity index (χ2n) is 9.45. The Hall–Kier alpha value is -3.31. The second kappa shape index (κ2) is 14.9. The molecule has 0 saturated carbocycles. The largest absolute Gasteiger partial charge is 0.489 e. The van der Waals surface area contributed by atoms with Crippen molar-refractivity contribution in [2.45, 2.75) is 38.3 Å². The second-order valence-corrected chi connectivity index (χ2v) is 9.86. The third kappa shape index (κ3) is 7.88. The number of benzene rings is 1. The number of halogens is 2. The smallest absolute Gasteiger partial charge is 0.248 e. The molecule has 0 spiro atoms. The van der Waals surface area contributed by atoms with E-state index in [0.717, 1.165) is 26.1 Å². The summed E-state index contributed by atoms with van der Waals surface area (Å²) >= 11 is 5.78. The fourth-order valence-corrected chi connectivity index (χ4v) is 4.86. The summed E-state index contributed by atoms with van der Waals surface area (Å²) in [6.45, 7) is 4.53. The third-order valence-corrected chi connectivity index (χ3v) is 7.20. The van der Waals surface area contributed by atoms with Crippen molar-refractivity contribution in [2.75, 3.05) is 50.7 Å². The Bertz CT molecular complexity index is 1280. The van der Waals surface area contributed by atoms with E-state index in [1.165, 1.54) is 37.2 Å². The normalized spacial score (nSPS) is 20.4. The molecule has 2 bridgehead atoms. The summed E-state index contributed by atoms with van der Waals surface area (Å²) in [5, 5.41) is 6.63. The number of nitrogens with zero attached hydrogens (tertiary/aromatic N) is 3. The Morgan fingerprint density at radius 2 is 2.05 bits per heavy atom. The van der Waals surface area contributed by atoms with Crippen LogP contribution in [0.1, 0.15) is 26.2 Å². The predicted molar refractivity (Wildman–Crippen MR) is 155 cm³/mol. The number of hydrogen-bond donors (Lipinski definition) is 2. The van der Waals surface area contributed by atoms with Gasteiger partial charge in [-0.1, -0.05) is 30.2 Å². The van der Waals surface area contributed by atoms with E-state index in [-0.39, 0.29) is 10.9 Å². The molecule has 0 aliphatic carbocycles. The molecule has 9 nitrogen and oxygen atoms in total. The van der Waals surface area contributed by atoms with Crippen LogP contribution in [0.4, 0.5) is 15.9 Å². The van der Waals surface area contributed by atoms with Crippen LogP contribution in [-0.4, -0.2) is 72.9 Å². The zero-order valence-corrected chi connectivity index (χ0v) is 23.5. The van der Waals surface area contributed by atoms with Crippen LogP contribution in [0.3, 0.4) is 0 Å². The van der Waals surface area contributed by atoms with Crippen molar-refractivity contribution in [1.29, 1.82) is 0 Å². The number of rotatable bonds is 12. The lowest BCUT2D eigenvalue weighted by Crippen LogP contribution is -2.54. The van der Waals surface area contributed by atoms with Gasteiger partial charge >= 0.3 is 0 Å². The van der Waals surface area contributed by atoms with Gasteiger partial charge in [0.25, 0.3) is 0 Å². The van der Waals surface area contributed by atoms with Gasteiger partial charge in [0.05, 0.1) is 36.1 Å². The molecule has 2 N–H and O–H groups in total. The fourth-order valence-electron chi connectivity index (χ4n) is 4.80. The number of morpholine rings is 1. The molecule has 2 unspecified atom stereocenters. The topological polar surface area (TPSA) is 97.8 Å². The Kier molecular flexibility index (Phi) is 11.1. The summed E-state index contributed by atoms with van der Waals surface area (Å²) in [7, 11) is 1.59. The summed E-state index contributed by atoms with van der Waals surface area (Å²) in [6.07, 6.45) is 14.0. The molecule has 1 amide bonds. The van der Waals surface area contributed by atoms with E-state index in [9.17, 15) is 9.18 Å². The number of fused-ring (bicyclic) bond motifs is 3. The van der Waals surface area contributed by atoms with Crippen molar-refractivity contribution in [2.24, 2.45) is 0 Å². The maximum atomic E-state index is 13.9. The Balaban J connectivity index is 1.50. The van der Waals surface area contributed by atoms with Crippen molar-refractivity contribution in [3.8, 4) is 5.75 Å². The van der Waals surface area contributed by atoms with Gasteiger partial charge in [-0.25, -0.2) is 14.4 Å². The highest BCUT2D eigenvalue weighted by atomic mass is 35.5. The molecular formula is C29H35ClFN5O4. The van der Waals surface area contributed by atoms with Crippen molar-refractivity contribution >= 4 is 39.9 Å². The average Bonchev–Trinajstić information content (AvgIpc) is 2.95. The van der Waals surface area contributed by atoms with Crippen LogP contribution in [0, 0.1) is 0 Å². The highest BCUT2D eigenvalue weighted by Gasteiger charge is 2.33. The Morgan fingerprint density at radius 3 is 2.80 bits per heavy atom. The molecular weight excluding hydrogens is 537 g/mol. The minimum absolute atomic E-state index is 0.0281. The summed E-state index contributed by atoms with van der Waals surface area (Å²) in [5.41, 5.74) is 1.07. The molecule has 1 aromatic carbocycles. The zero-order valence-electron chi connectivity index (χ0n) is 22.7. The van der Waals surface area contributed by atoms with Crippen molar-refractivity contribution in [3.63, 3.8) is 0 Å². The quantitative estimate of drug-likeness (QED) is 0.201. The van der Waals surface area contributed by atoms with Gasteiger partial charge in [0.2, 0.25) is 5.91 Å². The molecule has 0 radical (unpaired) electrons. The van der Waals surface area contributed by atoms with E-state index in [1.807, 2.05) is 6.08 Å². The van der Waals surface area contributed by atoms with Crippen LogP contribution < -0.4 is 15.4 Å². The molecule has 2 saturated heterocycles. The van der Waals surface area contributed by atoms with Gasteiger partial charge in [-0.3, -0.25) is 9.69 Å². The molecule has 2 fully saturated rings. The van der Waals surface area contributed by atoms with Gasteiger partial charge in [-0.15, -0.1) is 0 Å². The highest BCUT2D eigenvalue weighted by Crippen LogP contribution is 2.33. The number of hydrogen-bond acceptors (Lipinski definition) is 8. The first-order valence-corrected chi connectivity index (χ1v) is 13.7. The minimum Gasteiger partial charge on any atom is -0.489 e. The van der Waals surface area contributed by atoms with E-state index >= 15 is 0 Å². The maximum Gasteiger partial charge on any atom is 0.248 e. The van der Waals surface area contributed by atoms with Crippen LogP contribution in [0.15, 0.2) is 65.9 Å². The molecule has 2 atom stereocenters. The van der Waals surface area contributed by atoms with E-state index in [4.69, 9.17) is 25.8 Å². The predicted octanol–water partition coefficient (Wildman–Crippen LogP) is 5.32. The standard InChI is InChI=1S/C29H35ClFN5O4/c1-3-23(30)24(31)9-5-11-32-29-22-15-26(27(40-14-13-38-2)16-25(22)33-19-34-29)35-28(37)10-6-12-36-20-7-4-8-21(36)18-39-17-20/h3,5-6,9-11,15-16,19-21H,4,7-8,12-14,17-18H2,1-2H3,(H,35,37)(H,32,33,34)/b10-6+,11-5+,23-3+,24-9+. The fraction of sp³-hybridized carbons (Fsp3) is 0.414. The van der Waals surface area contributed by atoms with Crippen LogP contribution >= 0.6 is 11.6 Å². The summed E-state index contributed by atoms with van der Waals surface area (Å²) in [5.74, 6) is 0.102. The lowest BCUT2D eigenvalue weighted by molar-refractivity contribution is -0.112. The van der Waals surface area contributed by atoms with Gasteiger partial charge in [-0.05, 0) is 38.0 Å². The lowest BCUT2D eigenvalue weighted by Gasteiger charge is -2.45. The summed E-state index contributed by atoms with van der Waals surface area (Å²) in [6, 6.07) is 4.31. The zero-order chi connectivity index (χ0) is 28.3. The highest BCUT2D eigenvalue weighted by molar-refractivity contribution is 6.31. The Morgan fingerprint density at radius 1 is 1.25 bits per heavy atom. The number of anilines is 2. The first-order valence-electron chi connectivity index (χ1n) is 13.3. The average molecular weight is 572 g/mol. The minimum atomic E-state index is -0.553. The number of carbonyl (C=O) groups excluding carboxylic acids is 1. The number of carbonyl (C=O) groups is 1. The van der Waals surface area contributed by atoms with E-state index in [0.29, 0.717) is 60.0 Å². The van der Waals surface area contributed by atoms with Crippen LogP contribution in [0.5, 0.6) is 5.75 Å². The number of methoxy groups -OCH3 is 1. The van der Waals surface area contributed by atoms with Gasteiger partial charge in [-0.2, -0.15) is 0 Å². The van der Waals surface area contributed by atoms with Gasteiger partial charge < -0.3 is 24.8 Å². The van der Waals surface area contributed by atoms with E-state index in [1.54, 1.807) is 32.2 Å². The lowest BCUT2D eigenvalue weighted by atomic mass is 9.94. The number of aromatic nitrogens is 2. The van der Waals surface area contributed by atoms with Crippen LogP contribution in [0.2, 0.25) is 0 Å². The van der Waals surface area contributed by atoms with Crippen molar-refractivity contribution in [1.82, 2.24) is 14.9 Å². The first kappa shape index (κ1) is 29.7. The van der Waals surface area contributed by atoms with Crippen LogP contribution in [0.25, 0.3) is 10.9 Å². The molecule has 3 heterocycles. The van der Waals surface area contributed by atoms with Crippen molar-refractivity contribution in [3.05, 3.63) is 65.9 Å². The van der Waals surface area contributed by atoms with Gasteiger partial charge in [0, 0.05) is 49.5 Å². The van der Waals surface area contributed by atoms with Gasteiger partial charge in [0.15, 0.2) is 0 Å². The number of nitrogens with one attached hydrogen (secondary N) is 2. The molecule has 2 aliphatic heterocycles. The van der Waals surface area contributed by atoms with Gasteiger partial charge in [0.1, 0.15) is 30.3 Å². The molecule has 40 heavy (non-hydrogen) atoms. The molecule has 2 aliphatic rings. The number of allylic oxidation sites excluding steroid dienone is 5. The van der Waals surface area contributed by atoms with Crippen molar-refractivity contribution < 1.29 is 23.4 Å². The number of ether oxygens (including phenoxy) is 3. The molecule has 11 heteroatoms. The summed E-state index contributed by atoms with van der Waals surface area (Å²) < 4.78 is 30.6. The molecule has 1 aromatic heterocycles. The van der Waals surface area contributed by atoms with E-state index in [2.05, 4.69) is 25.5 Å². The summed E-state index contributed by atoms with van der Waals surface area (Å²) in [4.78, 5) is 24.0. The molecule has 4 rings (SSSR count). The van der Waals surface area contributed by atoms with E-state index < -0.39 is 5.83 Å². The Labute approximate surface area is 238 Å². The molecule has 214 valence electrons. The maximum absolute atomic E-state index is 13.9. The number of piperidine rings is 1. The van der Waals surface area contributed by atoms with Crippen LogP contribution in [-0.2, 0) is 14.3 Å². The SMILES string of the molecule is C\C=C(Cl)/C(F)=C\C=C\Nc1ncnc2cc(OCCOC)c(NC(=O)/C=C/CN3C4CCCC3COC4)cc12. The number of amides is 1. The monoisotopic (exact) mass is 571 g/mol. The molecule has 2 aromatic rings.